The number of ether oxygens (including phenoxy) is 4. The Bertz CT molecular complexity index is 1390. The van der Waals surface area contributed by atoms with Crippen LogP contribution in [0.2, 0.25) is 0 Å². The van der Waals surface area contributed by atoms with Gasteiger partial charge in [0.2, 0.25) is 0 Å². The second kappa shape index (κ2) is 15.4. The maximum absolute atomic E-state index is 12.3. The fourth-order valence-corrected chi connectivity index (χ4v) is 13.3. The highest BCUT2D eigenvalue weighted by atomic mass is 16.8. The Morgan fingerprint density at radius 1 is 0.818 bits per heavy atom. The van der Waals surface area contributed by atoms with Crippen LogP contribution in [0, 0.1) is 45.3 Å². The van der Waals surface area contributed by atoms with Crippen molar-refractivity contribution in [2.45, 2.75) is 199 Å². The van der Waals surface area contributed by atoms with Crippen molar-refractivity contribution in [2.75, 3.05) is 6.61 Å². The summed E-state index contributed by atoms with van der Waals surface area (Å²) in [5.74, 6) is -0.526. The van der Waals surface area contributed by atoms with E-state index in [1.54, 1.807) is 0 Å². The predicted molar refractivity (Wildman–Crippen MR) is 201 cm³/mol. The molecule has 318 valence electrons. The van der Waals surface area contributed by atoms with Gasteiger partial charge in [-0.2, -0.15) is 0 Å². The monoisotopic (exact) mass is 784 g/mol. The van der Waals surface area contributed by atoms with E-state index in [2.05, 4.69) is 40.7 Å². The lowest BCUT2D eigenvalue weighted by Gasteiger charge is -2.72. The number of aliphatic hydroxyl groups excluding tert-OH is 8. The average Bonchev–Trinajstić information content (AvgIpc) is 3.49. The fourth-order valence-electron chi connectivity index (χ4n) is 13.3. The van der Waals surface area contributed by atoms with Gasteiger partial charge in [0.1, 0.15) is 42.7 Å². The second-order valence-electron chi connectivity index (χ2n) is 20.3. The minimum absolute atomic E-state index is 0.0411. The van der Waals surface area contributed by atoms with E-state index >= 15 is 0 Å². The summed E-state index contributed by atoms with van der Waals surface area (Å²) in [5, 5.41) is 100. The van der Waals surface area contributed by atoms with E-state index in [0.29, 0.717) is 32.1 Å². The van der Waals surface area contributed by atoms with Gasteiger partial charge in [0.25, 0.3) is 0 Å². The smallest absolute Gasteiger partial charge is 0.187 e. The summed E-state index contributed by atoms with van der Waals surface area (Å²) in [5.41, 5.74) is -1.71. The molecule has 55 heavy (non-hydrogen) atoms. The number of rotatable bonds is 9. The van der Waals surface area contributed by atoms with Crippen molar-refractivity contribution in [1.82, 2.24) is 0 Å². The van der Waals surface area contributed by atoms with E-state index in [9.17, 15) is 46.0 Å². The highest BCUT2D eigenvalue weighted by molar-refractivity contribution is 5.22. The Hall–Kier alpha value is -0.780. The van der Waals surface area contributed by atoms with E-state index < -0.39 is 114 Å². The molecule has 2 heterocycles. The first-order valence-electron chi connectivity index (χ1n) is 20.8. The summed E-state index contributed by atoms with van der Waals surface area (Å²) in [6, 6.07) is 0. The first-order chi connectivity index (χ1) is 25.5. The van der Waals surface area contributed by atoms with Crippen molar-refractivity contribution in [1.29, 1.82) is 0 Å². The molecule has 0 amide bonds. The van der Waals surface area contributed by atoms with Gasteiger partial charge in [-0.15, -0.1) is 0 Å². The zero-order valence-corrected chi connectivity index (χ0v) is 34.4. The molecule has 2 saturated heterocycles. The summed E-state index contributed by atoms with van der Waals surface area (Å²) in [6.07, 6.45) is -8.99. The maximum Gasteiger partial charge on any atom is 0.187 e. The van der Waals surface area contributed by atoms with Crippen molar-refractivity contribution < 1.29 is 64.9 Å². The minimum Gasteiger partial charge on any atom is -0.394 e. The van der Waals surface area contributed by atoms with Crippen molar-refractivity contribution in [3.63, 3.8) is 0 Å². The molecule has 6 fully saturated rings. The quantitative estimate of drug-likeness (QED) is 0.121. The Morgan fingerprint density at radius 3 is 2.13 bits per heavy atom. The van der Waals surface area contributed by atoms with Gasteiger partial charge in [-0.25, -0.2) is 0 Å². The van der Waals surface area contributed by atoms with Crippen LogP contribution in [0.25, 0.3) is 0 Å². The first kappa shape index (κ1) is 43.8. The Labute approximate surface area is 327 Å². The van der Waals surface area contributed by atoms with Crippen LogP contribution in [0.3, 0.4) is 0 Å². The predicted octanol–water partition coefficient (Wildman–Crippen LogP) is 2.15. The molecule has 0 spiro atoms. The van der Waals surface area contributed by atoms with Crippen LogP contribution in [0.4, 0.5) is 0 Å². The van der Waals surface area contributed by atoms with Crippen LogP contribution in [0.1, 0.15) is 114 Å². The lowest BCUT2D eigenvalue weighted by Crippen LogP contribution is -2.71. The molecular formula is C42H72O13. The number of hydrogen-bond acceptors (Lipinski definition) is 13. The van der Waals surface area contributed by atoms with Gasteiger partial charge in [0, 0.05) is 0 Å². The zero-order chi connectivity index (χ0) is 40.8. The molecule has 9 N–H and O–H groups in total. The number of aliphatic hydroxyl groups is 9. The molecule has 0 radical (unpaired) electrons. The highest BCUT2D eigenvalue weighted by Crippen LogP contribution is 2.76. The van der Waals surface area contributed by atoms with Crippen molar-refractivity contribution in [3.05, 3.63) is 11.6 Å². The fraction of sp³-hybridized carbons (Fsp3) is 0.952. The van der Waals surface area contributed by atoms with Gasteiger partial charge in [-0.05, 0) is 124 Å². The van der Waals surface area contributed by atoms with Gasteiger partial charge in [-0.3, -0.25) is 0 Å². The molecule has 0 aromatic carbocycles. The van der Waals surface area contributed by atoms with E-state index in [1.807, 2.05) is 20.8 Å². The van der Waals surface area contributed by atoms with Crippen molar-refractivity contribution >= 4 is 0 Å². The molecule has 2 aliphatic heterocycles. The Balaban J connectivity index is 1.38. The molecule has 13 nitrogen and oxygen atoms in total. The van der Waals surface area contributed by atoms with Gasteiger partial charge < -0.3 is 64.9 Å². The third-order valence-corrected chi connectivity index (χ3v) is 16.5. The maximum atomic E-state index is 12.3. The van der Waals surface area contributed by atoms with Crippen molar-refractivity contribution in [3.8, 4) is 0 Å². The van der Waals surface area contributed by atoms with Crippen LogP contribution >= 0.6 is 0 Å². The van der Waals surface area contributed by atoms with Gasteiger partial charge in [0.15, 0.2) is 12.6 Å². The topological polar surface area (TPSA) is 219 Å². The number of fused-ring (bicyclic) bond motifs is 5. The van der Waals surface area contributed by atoms with Gasteiger partial charge in [-0.1, -0.05) is 46.3 Å². The zero-order valence-electron chi connectivity index (χ0n) is 34.4. The van der Waals surface area contributed by atoms with Crippen LogP contribution in [-0.2, 0) is 18.9 Å². The van der Waals surface area contributed by atoms with Crippen LogP contribution < -0.4 is 0 Å². The third kappa shape index (κ3) is 7.10. The summed E-state index contributed by atoms with van der Waals surface area (Å²) >= 11 is 0. The second-order valence-corrected chi connectivity index (χ2v) is 20.3. The summed E-state index contributed by atoms with van der Waals surface area (Å²) in [7, 11) is 0. The lowest BCUT2D eigenvalue weighted by molar-refractivity contribution is -0.382. The molecule has 0 bridgehead atoms. The molecule has 4 aliphatic carbocycles. The molecular weight excluding hydrogens is 712 g/mol. The number of allylic oxidation sites excluding steroid dienone is 2. The molecule has 0 aromatic heterocycles. The molecule has 6 aliphatic rings. The SMILES string of the molecule is CC(C)=CCC[C@](C)(O)[C@H]1CC[C@]2(C)[C@@H]1[C@H](O)C[C@@H]1[C@]3(C)CC[C@@H](O)C(C)(C)[C@H]3[C@@H](O[C@@H]3O[C@H](CO)[C@@H](O)[C@H](O)[C@H]3O[C@@H]3O[C@@H](C)[C@H](O)[C@@H](O)[C@H]3O)C[C@]12C. The van der Waals surface area contributed by atoms with Crippen LogP contribution in [-0.4, -0.2) is 138 Å². The van der Waals surface area contributed by atoms with E-state index in [1.165, 1.54) is 12.5 Å². The summed E-state index contributed by atoms with van der Waals surface area (Å²) in [6.45, 7) is 17.8. The van der Waals surface area contributed by atoms with Gasteiger partial charge in [0.05, 0.1) is 36.6 Å². The standard InChI is InChI=1S/C42H72O13/c1-20(2)11-10-14-42(9,51)22-12-16-40(7)28(22)23(44)17-26-39(6)15-13-27(45)38(4,5)35(39)24(18-41(26,40)8)53-37-34(32(49)30(47)25(19-43)54-37)55-36-33(50)31(48)29(46)21(3)52-36/h11,21-37,43-51H,10,12-19H2,1-9H3/t21-,22-,23+,24-,25+,26+,27+,28-,29-,30+,31+,32-,33+,34+,35+,36-,37+,39-,40+,41+,42-/m0/s1. The normalized spacial score (nSPS) is 53.4. The highest BCUT2D eigenvalue weighted by Gasteiger charge is 2.73. The van der Waals surface area contributed by atoms with Gasteiger partial charge >= 0.3 is 0 Å². The molecule has 13 heteroatoms. The minimum atomic E-state index is -1.70. The largest absolute Gasteiger partial charge is 0.394 e. The van der Waals surface area contributed by atoms with Crippen LogP contribution in [0.5, 0.6) is 0 Å². The average molecular weight is 785 g/mol. The summed E-state index contributed by atoms with van der Waals surface area (Å²) < 4.78 is 25.1. The Morgan fingerprint density at radius 2 is 1.49 bits per heavy atom. The van der Waals surface area contributed by atoms with E-state index in [4.69, 9.17) is 18.9 Å². The van der Waals surface area contributed by atoms with Crippen molar-refractivity contribution in [2.24, 2.45) is 45.3 Å². The first-order valence-corrected chi connectivity index (χ1v) is 20.8. The summed E-state index contributed by atoms with van der Waals surface area (Å²) in [4.78, 5) is 0. The molecule has 21 atom stereocenters. The van der Waals surface area contributed by atoms with E-state index in [0.717, 1.165) is 19.3 Å². The molecule has 0 aromatic rings. The molecule has 0 unspecified atom stereocenters. The third-order valence-electron chi connectivity index (χ3n) is 16.5. The molecule has 6 rings (SSSR count). The molecule has 4 saturated carbocycles. The lowest BCUT2D eigenvalue weighted by atomic mass is 9.34. The number of hydrogen-bond donors (Lipinski definition) is 9. The Kier molecular flexibility index (Phi) is 12.2. The van der Waals surface area contributed by atoms with Crippen LogP contribution in [0.15, 0.2) is 11.6 Å². The van der Waals surface area contributed by atoms with E-state index in [-0.39, 0.29) is 23.7 Å².